The van der Waals surface area contributed by atoms with E-state index in [1.807, 2.05) is 6.08 Å². The van der Waals surface area contributed by atoms with E-state index in [-0.39, 0.29) is 0 Å². The fourth-order valence-corrected chi connectivity index (χ4v) is 2.80. The molecule has 1 aliphatic heterocycles. The van der Waals surface area contributed by atoms with Gasteiger partial charge in [-0.3, -0.25) is 4.98 Å². The van der Waals surface area contributed by atoms with Crippen molar-refractivity contribution in [3.05, 3.63) is 59.3 Å². The molecule has 0 aromatic carbocycles. The molecule has 0 unspecified atom stereocenters. The number of allylic oxidation sites excluding steroid dienone is 1. The lowest BCUT2D eigenvalue weighted by atomic mass is 10.0. The average molecular weight is 348 g/mol. The molecule has 130 valence electrons. The van der Waals surface area contributed by atoms with Crippen LogP contribution < -0.4 is 9.64 Å². The van der Waals surface area contributed by atoms with Crippen LogP contribution in [0.25, 0.3) is 0 Å². The van der Waals surface area contributed by atoms with Gasteiger partial charge >= 0.3 is 0 Å². The second kappa shape index (κ2) is 8.13. The first-order valence-corrected chi connectivity index (χ1v) is 8.19. The van der Waals surface area contributed by atoms with E-state index in [0.29, 0.717) is 22.7 Å². The van der Waals surface area contributed by atoms with Crippen LogP contribution in [-0.2, 0) is 0 Å². The molecule has 26 heavy (non-hydrogen) atoms. The Balaban J connectivity index is 1.68. The number of rotatable bonds is 2. The Bertz CT molecular complexity index is 927. The van der Waals surface area contributed by atoms with Gasteiger partial charge in [-0.1, -0.05) is 17.4 Å². The molecule has 2 aromatic heterocycles. The SMILES string of the molecule is COc1ccnc(N2CCC(=CC#Cc3cncc(F)c3)CC2)c1C#N. The number of ether oxygens (including phenoxy) is 1. The summed E-state index contributed by atoms with van der Waals surface area (Å²) in [4.78, 5) is 10.2. The average Bonchev–Trinajstić information content (AvgIpc) is 2.68. The second-order valence-corrected chi connectivity index (χ2v) is 5.77. The molecule has 6 heteroatoms. The fourth-order valence-electron chi connectivity index (χ4n) is 2.80. The number of methoxy groups -OCH3 is 1. The number of nitriles is 1. The van der Waals surface area contributed by atoms with Crippen molar-refractivity contribution in [2.24, 2.45) is 0 Å². The van der Waals surface area contributed by atoms with Crippen LogP contribution in [0.1, 0.15) is 24.0 Å². The van der Waals surface area contributed by atoms with Gasteiger partial charge < -0.3 is 9.64 Å². The summed E-state index contributed by atoms with van der Waals surface area (Å²) in [7, 11) is 1.55. The van der Waals surface area contributed by atoms with Gasteiger partial charge in [0, 0.05) is 31.0 Å². The van der Waals surface area contributed by atoms with Crippen LogP contribution in [0.5, 0.6) is 5.75 Å². The predicted octanol–water partition coefficient (Wildman–Crippen LogP) is 3.07. The predicted molar refractivity (Wildman–Crippen MR) is 96.1 cm³/mol. The van der Waals surface area contributed by atoms with Crippen LogP contribution in [0.3, 0.4) is 0 Å². The first-order chi connectivity index (χ1) is 12.7. The summed E-state index contributed by atoms with van der Waals surface area (Å²) < 4.78 is 18.3. The molecule has 1 fully saturated rings. The zero-order valence-corrected chi connectivity index (χ0v) is 14.4. The summed E-state index contributed by atoms with van der Waals surface area (Å²) in [6.07, 6.45) is 7.89. The number of aromatic nitrogens is 2. The van der Waals surface area contributed by atoms with Crippen LogP contribution in [0.4, 0.5) is 10.2 Å². The minimum Gasteiger partial charge on any atom is -0.495 e. The van der Waals surface area contributed by atoms with Crippen molar-refractivity contribution in [3.63, 3.8) is 0 Å². The Labute approximate surface area is 151 Å². The zero-order valence-electron chi connectivity index (χ0n) is 14.4. The normalized spacial score (nSPS) is 13.4. The molecule has 5 nitrogen and oxygen atoms in total. The molecule has 0 atom stereocenters. The van der Waals surface area contributed by atoms with Crippen molar-refractivity contribution in [2.75, 3.05) is 25.1 Å². The van der Waals surface area contributed by atoms with Gasteiger partial charge in [0.05, 0.1) is 13.3 Å². The van der Waals surface area contributed by atoms with Gasteiger partial charge in [0.25, 0.3) is 0 Å². The summed E-state index contributed by atoms with van der Waals surface area (Å²) in [6.45, 7) is 1.51. The highest BCUT2D eigenvalue weighted by atomic mass is 19.1. The zero-order chi connectivity index (χ0) is 18.4. The van der Waals surface area contributed by atoms with Gasteiger partial charge in [0.15, 0.2) is 0 Å². The van der Waals surface area contributed by atoms with Gasteiger partial charge in [-0.25, -0.2) is 9.37 Å². The number of piperidine rings is 1. The molecule has 1 saturated heterocycles. The van der Waals surface area contributed by atoms with Crippen molar-refractivity contribution in [1.82, 2.24) is 9.97 Å². The third kappa shape index (κ3) is 3.99. The molecule has 0 bridgehead atoms. The molecule has 0 amide bonds. The molecule has 2 aromatic rings. The van der Waals surface area contributed by atoms with Gasteiger partial charge in [0.1, 0.15) is 29.0 Å². The molecule has 0 aliphatic carbocycles. The molecule has 0 radical (unpaired) electrons. The number of hydrogen-bond acceptors (Lipinski definition) is 5. The van der Waals surface area contributed by atoms with Crippen LogP contribution in [0.2, 0.25) is 0 Å². The van der Waals surface area contributed by atoms with E-state index in [1.165, 1.54) is 17.8 Å². The summed E-state index contributed by atoms with van der Waals surface area (Å²) in [5, 5.41) is 9.40. The Morgan fingerprint density at radius 2 is 2.12 bits per heavy atom. The third-order valence-electron chi connectivity index (χ3n) is 4.13. The number of hydrogen-bond donors (Lipinski definition) is 0. The van der Waals surface area contributed by atoms with Crippen LogP contribution >= 0.6 is 0 Å². The summed E-state index contributed by atoms with van der Waals surface area (Å²) in [5.41, 5.74) is 2.24. The molecule has 0 N–H and O–H groups in total. The molecule has 1 aliphatic rings. The molecule has 3 rings (SSSR count). The summed E-state index contributed by atoms with van der Waals surface area (Å²) in [6, 6.07) is 5.23. The van der Waals surface area contributed by atoms with Gasteiger partial charge in [-0.05, 0) is 31.1 Å². The molecule has 3 heterocycles. The largest absolute Gasteiger partial charge is 0.495 e. The van der Waals surface area contributed by atoms with Crippen molar-refractivity contribution in [2.45, 2.75) is 12.8 Å². The van der Waals surface area contributed by atoms with Crippen LogP contribution in [-0.4, -0.2) is 30.2 Å². The molecular weight excluding hydrogens is 331 g/mol. The highest BCUT2D eigenvalue weighted by molar-refractivity contribution is 5.60. The van der Waals surface area contributed by atoms with E-state index in [4.69, 9.17) is 4.74 Å². The number of anilines is 1. The maximum absolute atomic E-state index is 13.1. The van der Waals surface area contributed by atoms with Gasteiger partial charge in [-0.15, -0.1) is 0 Å². The van der Waals surface area contributed by atoms with E-state index < -0.39 is 5.82 Å². The minimum absolute atomic E-state index is 0.392. The molecule has 0 saturated carbocycles. The number of pyridine rings is 2. The minimum atomic E-state index is -0.392. The Morgan fingerprint density at radius 1 is 1.31 bits per heavy atom. The molecule has 0 spiro atoms. The smallest absolute Gasteiger partial charge is 0.150 e. The lowest BCUT2D eigenvalue weighted by Crippen LogP contribution is -2.32. The summed E-state index contributed by atoms with van der Waals surface area (Å²) in [5.74, 6) is 6.66. The Hall–Kier alpha value is -3.38. The summed E-state index contributed by atoms with van der Waals surface area (Å²) >= 11 is 0. The maximum atomic E-state index is 13.1. The lowest BCUT2D eigenvalue weighted by molar-refractivity contribution is 0.412. The monoisotopic (exact) mass is 348 g/mol. The quantitative estimate of drug-likeness (QED) is 0.781. The number of nitrogens with zero attached hydrogens (tertiary/aromatic N) is 4. The molecular formula is C20H17FN4O. The topological polar surface area (TPSA) is 62.0 Å². The van der Waals surface area contributed by atoms with E-state index in [9.17, 15) is 9.65 Å². The van der Waals surface area contributed by atoms with E-state index in [2.05, 4.69) is 32.8 Å². The lowest BCUT2D eigenvalue weighted by Gasteiger charge is -2.30. The van der Waals surface area contributed by atoms with Gasteiger partial charge in [-0.2, -0.15) is 5.26 Å². The second-order valence-electron chi connectivity index (χ2n) is 5.77. The van der Waals surface area contributed by atoms with Crippen LogP contribution in [0.15, 0.2) is 42.4 Å². The third-order valence-corrected chi connectivity index (χ3v) is 4.13. The first kappa shape index (κ1) is 17.4. The van der Waals surface area contributed by atoms with E-state index in [1.54, 1.807) is 19.4 Å². The number of halogens is 1. The Kier molecular flexibility index (Phi) is 5.46. The Morgan fingerprint density at radius 3 is 2.81 bits per heavy atom. The van der Waals surface area contributed by atoms with Crippen molar-refractivity contribution in [3.8, 4) is 23.7 Å². The van der Waals surface area contributed by atoms with Crippen molar-refractivity contribution in [1.29, 1.82) is 5.26 Å². The van der Waals surface area contributed by atoms with Crippen LogP contribution in [0, 0.1) is 29.0 Å². The van der Waals surface area contributed by atoms with Gasteiger partial charge in [0.2, 0.25) is 0 Å². The first-order valence-electron chi connectivity index (χ1n) is 8.19. The van der Waals surface area contributed by atoms with Crippen molar-refractivity contribution < 1.29 is 9.13 Å². The fraction of sp³-hybridized carbons (Fsp3) is 0.250. The highest BCUT2D eigenvalue weighted by Gasteiger charge is 2.20. The van der Waals surface area contributed by atoms with Crippen molar-refractivity contribution >= 4 is 5.82 Å². The van der Waals surface area contributed by atoms with E-state index in [0.717, 1.165) is 32.1 Å². The maximum Gasteiger partial charge on any atom is 0.150 e. The van der Waals surface area contributed by atoms with E-state index >= 15 is 0 Å². The highest BCUT2D eigenvalue weighted by Crippen LogP contribution is 2.29. The standard InChI is InChI=1S/C20H17FN4O/c1-26-19-5-8-24-20(18(19)12-22)25-9-6-15(7-10-25)3-2-4-16-11-17(21)14-23-13-16/h3,5,8,11,13-14H,6-7,9-10H2,1H3.